The Morgan fingerprint density at radius 1 is 1.22 bits per heavy atom. The lowest BCUT2D eigenvalue weighted by Gasteiger charge is -2.51. The van der Waals surface area contributed by atoms with E-state index in [2.05, 4.69) is 38.9 Å². The highest BCUT2D eigenvalue weighted by Gasteiger charge is 2.55. The molecule has 2 fully saturated rings. The number of rotatable bonds is 5. The van der Waals surface area contributed by atoms with Crippen molar-refractivity contribution in [2.75, 3.05) is 27.2 Å². The number of fused-ring (bicyclic) bond motifs is 5. The van der Waals surface area contributed by atoms with Crippen molar-refractivity contribution < 1.29 is 9.84 Å². The van der Waals surface area contributed by atoms with Crippen molar-refractivity contribution in [2.45, 2.75) is 64.4 Å². The number of aromatic hydroxyl groups is 1. The smallest absolute Gasteiger partial charge is 0.115 e. The van der Waals surface area contributed by atoms with Gasteiger partial charge in [-0.3, -0.25) is 0 Å². The largest absolute Gasteiger partial charge is 0.508 e. The summed E-state index contributed by atoms with van der Waals surface area (Å²) in [6.07, 6.45) is 8.12. The van der Waals surface area contributed by atoms with Gasteiger partial charge >= 0.3 is 0 Å². The molecule has 0 radical (unpaired) electrons. The molecule has 4 rings (SSSR count). The highest BCUT2D eigenvalue weighted by atomic mass is 16.5. The lowest BCUT2D eigenvalue weighted by Crippen LogP contribution is -2.45. The predicted molar refractivity (Wildman–Crippen MR) is 110 cm³/mol. The van der Waals surface area contributed by atoms with Crippen LogP contribution in [0.3, 0.4) is 0 Å². The first-order valence-electron chi connectivity index (χ1n) is 11.0. The lowest BCUT2D eigenvalue weighted by molar-refractivity contribution is -0.0520. The van der Waals surface area contributed by atoms with E-state index in [9.17, 15) is 5.11 Å². The summed E-state index contributed by atoms with van der Waals surface area (Å²) in [6, 6.07) is 6.12. The van der Waals surface area contributed by atoms with Gasteiger partial charge in [0.2, 0.25) is 0 Å². The molecule has 6 atom stereocenters. The van der Waals surface area contributed by atoms with Gasteiger partial charge in [0.25, 0.3) is 0 Å². The zero-order valence-electron chi connectivity index (χ0n) is 17.6. The molecule has 1 aromatic rings. The molecule has 3 aliphatic carbocycles. The molecule has 1 aromatic carbocycles. The van der Waals surface area contributed by atoms with Crippen molar-refractivity contribution in [3.63, 3.8) is 0 Å². The Morgan fingerprint density at radius 2 is 2.04 bits per heavy atom. The molecule has 0 aliphatic heterocycles. The van der Waals surface area contributed by atoms with E-state index in [1.165, 1.54) is 43.2 Å². The average molecular weight is 372 g/mol. The van der Waals surface area contributed by atoms with Gasteiger partial charge in [0, 0.05) is 6.54 Å². The fraction of sp³-hybridized carbons (Fsp3) is 0.750. The first-order chi connectivity index (χ1) is 12.9. The molecular weight excluding hydrogens is 334 g/mol. The summed E-state index contributed by atoms with van der Waals surface area (Å²) in [6.45, 7) is 6.74. The fourth-order valence-electron chi connectivity index (χ4n) is 6.92. The number of hydrogen-bond acceptors (Lipinski definition) is 3. The normalized spacial score (nSPS) is 36.2. The van der Waals surface area contributed by atoms with Crippen LogP contribution < -0.4 is 0 Å². The van der Waals surface area contributed by atoms with Gasteiger partial charge in [-0.1, -0.05) is 13.0 Å². The van der Waals surface area contributed by atoms with Crippen LogP contribution in [-0.2, 0) is 11.2 Å². The third-order valence-electron chi connectivity index (χ3n) is 8.27. The van der Waals surface area contributed by atoms with Crippen LogP contribution in [-0.4, -0.2) is 43.4 Å². The number of phenols is 1. The van der Waals surface area contributed by atoms with Gasteiger partial charge in [-0.2, -0.15) is 0 Å². The van der Waals surface area contributed by atoms with E-state index in [1.54, 1.807) is 0 Å². The zero-order valence-corrected chi connectivity index (χ0v) is 17.6. The van der Waals surface area contributed by atoms with Crippen LogP contribution in [0.2, 0.25) is 0 Å². The zero-order chi connectivity index (χ0) is 19.2. The molecule has 3 aliphatic rings. The summed E-state index contributed by atoms with van der Waals surface area (Å²) in [5, 5.41) is 9.86. The summed E-state index contributed by atoms with van der Waals surface area (Å²) in [5.74, 6) is 3.49. The van der Waals surface area contributed by atoms with Gasteiger partial charge in [-0.25, -0.2) is 0 Å². The van der Waals surface area contributed by atoms with Crippen molar-refractivity contribution in [1.82, 2.24) is 4.90 Å². The Balaban J connectivity index is 1.49. The maximum Gasteiger partial charge on any atom is 0.115 e. The molecule has 2 saturated carbocycles. The lowest BCUT2D eigenvalue weighted by atomic mass is 9.54. The number of aryl methyl sites for hydroxylation is 1. The summed E-state index contributed by atoms with van der Waals surface area (Å²) in [5.41, 5.74) is 3.37. The monoisotopic (exact) mass is 371 g/mol. The second-order valence-corrected chi connectivity index (χ2v) is 9.91. The van der Waals surface area contributed by atoms with E-state index in [0.717, 1.165) is 31.4 Å². The maximum absolute atomic E-state index is 9.86. The van der Waals surface area contributed by atoms with Gasteiger partial charge in [0.1, 0.15) is 5.75 Å². The van der Waals surface area contributed by atoms with Crippen LogP contribution in [0.15, 0.2) is 18.2 Å². The minimum atomic E-state index is 0.365. The molecule has 0 spiro atoms. The second-order valence-electron chi connectivity index (χ2n) is 9.91. The third kappa shape index (κ3) is 3.42. The Morgan fingerprint density at radius 3 is 2.81 bits per heavy atom. The molecule has 150 valence electrons. The van der Waals surface area contributed by atoms with Gasteiger partial charge < -0.3 is 14.7 Å². The molecule has 3 heteroatoms. The van der Waals surface area contributed by atoms with Crippen molar-refractivity contribution in [1.29, 1.82) is 0 Å². The molecule has 0 saturated heterocycles. The molecular formula is C24H37NO2. The maximum atomic E-state index is 9.86. The molecule has 0 aromatic heterocycles. The molecule has 0 amide bonds. The minimum absolute atomic E-state index is 0.365. The van der Waals surface area contributed by atoms with Crippen LogP contribution >= 0.6 is 0 Å². The number of hydrogen-bond donors (Lipinski definition) is 1. The summed E-state index contributed by atoms with van der Waals surface area (Å²) >= 11 is 0. The fourth-order valence-corrected chi connectivity index (χ4v) is 6.92. The highest BCUT2D eigenvalue weighted by molar-refractivity contribution is 5.40. The first kappa shape index (κ1) is 19.3. The van der Waals surface area contributed by atoms with E-state index >= 15 is 0 Å². The molecule has 1 unspecified atom stereocenters. The average Bonchev–Trinajstić information content (AvgIpc) is 2.98. The second kappa shape index (κ2) is 7.40. The van der Waals surface area contributed by atoms with Gasteiger partial charge in [0.05, 0.1) is 12.7 Å². The Hall–Kier alpha value is -1.06. The quantitative estimate of drug-likeness (QED) is 0.804. The summed E-state index contributed by atoms with van der Waals surface area (Å²) in [7, 11) is 4.23. The van der Waals surface area contributed by atoms with E-state index < -0.39 is 0 Å². The van der Waals surface area contributed by atoms with Gasteiger partial charge in [-0.05, 0) is 112 Å². The Labute approximate surface area is 165 Å². The molecule has 27 heavy (non-hydrogen) atoms. The summed E-state index contributed by atoms with van der Waals surface area (Å²) < 4.78 is 6.29. The van der Waals surface area contributed by atoms with E-state index in [1.807, 2.05) is 12.1 Å². The van der Waals surface area contributed by atoms with Gasteiger partial charge in [0.15, 0.2) is 0 Å². The third-order valence-corrected chi connectivity index (χ3v) is 8.27. The van der Waals surface area contributed by atoms with Crippen molar-refractivity contribution in [3.8, 4) is 5.75 Å². The number of likely N-dealkylation sites (N-methyl/N-ethyl adjacent to an activating group) is 1. The SMILES string of the molecule is CC(OCCN(C)C)[C@H]1CC[C@H]2[C@@H]3CCc4cc(O)ccc4[C@H]3CC[C@]12C. The highest BCUT2D eigenvalue weighted by Crippen LogP contribution is 2.63. The van der Waals surface area contributed by atoms with E-state index in [4.69, 9.17) is 4.74 Å². The molecule has 0 heterocycles. The molecule has 3 nitrogen and oxygen atoms in total. The minimum Gasteiger partial charge on any atom is -0.508 e. The number of phenolic OH excluding ortho intramolecular Hbond substituents is 1. The van der Waals surface area contributed by atoms with Crippen molar-refractivity contribution in [2.24, 2.45) is 23.2 Å². The first-order valence-corrected chi connectivity index (χ1v) is 11.0. The van der Waals surface area contributed by atoms with Crippen LogP contribution in [0, 0.1) is 23.2 Å². The number of benzene rings is 1. The van der Waals surface area contributed by atoms with E-state index in [0.29, 0.717) is 29.1 Å². The molecule has 1 N–H and O–H groups in total. The standard InChI is InChI=1S/C24H37NO2/c1-16(27-14-13-25(3)4)22-9-10-23-21-7-5-17-15-18(26)6-8-19(17)20(21)11-12-24(22,23)2/h6,8,15-16,20-23,26H,5,7,9-14H2,1-4H3/t16?,20-,21-,22-,23+,24-/m1/s1. The van der Waals surface area contributed by atoms with Gasteiger partial charge in [-0.15, -0.1) is 0 Å². The summed E-state index contributed by atoms with van der Waals surface area (Å²) in [4.78, 5) is 2.20. The number of ether oxygens (including phenoxy) is 1. The van der Waals surface area contributed by atoms with Crippen molar-refractivity contribution in [3.05, 3.63) is 29.3 Å². The van der Waals surface area contributed by atoms with Crippen LogP contribution in [0.4, 0.5) is 0 Å². The van der Waals surface area contributed by atoms with E-state index in [-0.39, 0.29) is 0 Å². The molecule has 0 bridgehead atoms. The predicted octanol–water partition coefficient (Wildman–Crippen LogP) is 4.83. The van der Waals surface area contributed by atoms with Crippen molar-refractivity contribution >= 4 is 0 Å². The van der Waals surface area contributed by atoms with Crippen LogP contribution in [0.5, 0.6) is 5.75 Å². The topological polar surface area (TPSA) is 32.7 Å². The Bertz CT molecular complexity index is 672. The van der Waals surface area contributed by atoms with Crippen LogP contribution in [0.1, 0.15) is 63.0 Å². The number of nitrogens with zero attached hydrogens (tertiary/aromatic N) is 1. The Kier molecular flexibility index (Phi) is 5.28. The van der Waals surface area contributed by atoms with Crippen LogP contribution in [0.25, 0.3) is 0 Å².